The van der Waals surface area contributed by atoms with Gasteiger partial charge in [0.25, 0.3) is 0 Å². The number of carbonyl (C=O) groups is 1. The zero-order valence-electron chi connectivity index (χ0n) is 16.6. The number of hydrogen-bond acceptors (Lipinski definition) is 6. The average molecular weight is 423 g/mol. The minimum absolute atomic E-state index is 0. The summed E-state index contributed by atoms with van der Waals surface area (Å²) >= 11 is 0. The first kappa shape index (κ1) is 24.2. The van der Waals surface area contributed by atoms with E-state index in [0.29, 0.717) is 26.1 Å². The van der Waals surface area contributed by atoms with Gasteiger partial charge in [0.15, 0.2) is 0 Å². The molecule has 9 heteroatoms. The van der Waals surface area contributed by atoms with Crippen LogP contribution < -0.4 is 5.73 Å². The molecule has 1 amide bonds. The van der Waals surface area contributed by atoms with Gasteiger partial charge < -0.3 is 19.9 Å². The van der Waals surface area contributed by atoms with Gasteiger partial charge in [-0.3, -0.25) is 9.69 Å². The Hall–Kier alpha value is -0.860. The number of aromatic nitrogens is 1. The predicted molar refractivity (Wildman–Crippen MR) is 108 cm³/mol. The second-order valence-electron chi connectivity index (χ2n) is 7.84. The molecule has 0 spiro atoms. The van der Waals surface area contributed by atoms with Crippen LogP contribution in [0.4, 0.5) is 0 Å². The molecule has 27 heavy (non-hydrogen) atoms. The Bertz CT molecular complexity index is 632. The largest absolute Gasteiger partial charge is 0.378 e. The smallest absolute Gasteiger partial charge is 0.243 e. The van der Waals surface area contributed by atoms with Crippen LogP contribution in [0.1, 0.15) is 38.6 Å². The molecule has 1 aliphatic carbocycles. The van der Waals surface area contributed by atoms with E-state index in [1.54, 1.807) is 0 Å². The van der Waals surface area contributed by atoms with E-state index in [0.717, 1.165) is 31.1 Å². The molecule has 1 aromatic rings. The highest BCUT2D eigenvalue weighted by atomic mass is 35.5. The number of ether oxygens (including phenoxy) is 1. The second-order valence-corrected chi connectivity index (χ2v) is 7.84. The Balaban J connectivity index is 0.00000182. The molecule has 1 saturated carbocycles. The number of hydrogen-bond donors (Lipinski definition) is 1. The molecule has 1 aromatic heterocycles. The first-order valence-electron chi connectivity index (χ1n) is 9.12. The van der Waals surface area contributed by atoms with Gasteiger partial charge in [-0.25, -0.2) is 0 Å². The first-order valence-corrected chi connectivity index (χ1v) is 9.12. The molecular formula is C18H32Cl2N4O3. The molecule has 1 saturated heterocycles. The quantitative estimate of drug-likeness (QED) is 0.780. The summed E-state index contributed by atoms with van der Waals surface area (Å²) in [5.41, 5.74) is 6.31. The average Bonchev–Trinajstić information content (AvgIpc) is 2.99. The van der Waals surface area contributed by atoms with Crippen LogP contribution in [-0.2, 0) is 16.1 Å². The van der Waals surface area contributed by atoms with Crippen molar-refractivity contribution in [1.82, 2.24) is 15.0 Å². The first-order chi connectivity index (χ1) is 11.8. The van der Waals surface area contributed by atoms with Gasteiger partial charge in [0.2, 0.25) is 5.91 Å². The zero-order valence-corrected chi connectivity index (χ0v) is 18.2. The summed E-state index contributed by atoms with van der Waals surface area (Å²) in [5.74, 6) is 0.885. The van der Waals surface area contributed by atoms with Gasteiger partial charge in [0, 0.05) is 57.2 Å². The van der Waals surface area contributed by atoms with Crippen LogP contribution in [0.3, 0.4) is 0 Å². The monoisotopic (exact) mass is 422 g/mol. The van der Waals surface area contributed by atoms with Crippen molar-refractivity contribution in [3.8, 4) is 0 Å². The Morgan fingerprint density at radius 1 is 1.33 bits per heavy atom. The molecule has 1 aliphatic heterocycles. The maximum absolute atomic E-state index is 13.0. The molecule has 2 heterocycles. The van der Waals surface area contributed by atoms with Crippen LogP contribution in [0, 0.1) is 12.3 Å². The minimum Gasteiger partial charge on any atom is -0.378 e. The van der Waals surface area contributed by atoms with Crippen LogP contribution in [0.2, 0.25) is 0 Å². The minimum atomic E-state index is -0.821. The van der Waals surface area contributed by atoms with Gasteiger partial charge in [-0.15, -0.1) is 24.8 Å². The topological polar surface area (TPSA) is 84.8 Å². The summed E-state index contributed by atoms with van der Waals surface area (Å²) in [7, 11) is 0. The number of amides is 1. The molecule has 2 N–H and O–H groups in total. The van der Waals surface area contributed by atoms with E-state index in [9.17, 15) is 4.79 Å². The summed E-state index contributed by atoms with van der Waals surface area (Å²) in [4.78, 5) is 17.2. The normalized spacial score (nSPS) is 27.3. The van der Waals surface area contributed by atoms with Gasteiger partial charge in [0.05, 0.1) is 11.8 Å². The highest BCUT2D eigenvalue weighted by molar-refractivity contribution is 5.89. The number of nitrogens with two attached hydrogens (primary N) is 1. The summed E-state index contributed by atoms with van der Waals surface area (Å²) in [5, 5.41) is 4.04. The highest BCUT2D eigenvalue weighted by Gasteiger charge is 2.63. The van der Waals surface area contributed by atoms with E-state index < -0.39 is 5.54 Å². The Labute approximate surface area is 173 Å². The zero-order chi connectivity index (χ0) is 18.2. The van der Waals surface area contributed by atoms with Crippen molar-refractivity contribution in [2.75, 3.05) is 32.8 Å². The fourth-order valence-corrected chi connectivity index (χ4v) is 3.91. The standard InChI is InChI=1S/C18H30N4O3.2ClH/c1-5-24-15-11-18(19,17(15,3)4)16(23)22-8-6-21(7-9-22)12-14-10-13(2)25-20-14;;/h10,15H,5-9,11-12,19H2,1-4H3;2*1H. The number of rotatable bonds is 5. The fraction of sp³-hybridized carbons (Fsp3) is 0.778. The maximum Gasteiger partial charge on any atom is 0.243 e. The molecule has 2 atom stereocenters. The predicted octanol–water partition coefficient (Wildman–Crippen LogP) is 2.00. The van der Waals surface area contributed by atoms with Gasteiger partial charge >= 0.3 is 0 Å². The van der Waals surface area contributed by atoms with Crippen molar-refractivity contribution in [1.29, 1.82) is 0 Å². The summed E-state index contributed by atoms with van der Waals surface area (Å²) in [6.07, 6.45) is 0.661. The van der Waals surface area contributed by atoms with E-state index in [-0.39, 0.29) is 42.2 Å². The summed E-state index contributed by atoms with van der Waals surface area (Å²) < 4.78 is 10.9. The van der Waals surface area contributed by atoms with Crippen LogP contribution in [0.15, 0.2) is 10.6 Å². The van der Waals surface area contributed by atoms with Crippen molar-refractivity contribution in [3.05, 3.63) is 17.5 Å². The van der Waals surface area contributed by atoms with Crippen LogP contribution in [0.5, 0.6) is 0 Å². The highest BCUT2D eigenvalue weighted by Crippen LogP contribution is 2.50. The molecule has 0 radical (unpaired) electrons. The van der Waals surface area contributed by atoms with Crippen LogP contribution in [-0.4, -0.2) is 65.3 Å². The Morgan fingerprint density at radius 2 is 1.96 bits per heavy atom. The third kappa shape index (κ3) is 4.43. The fourth-order valence-electron chi connectivity index (χ4n) is 3.91. The number of aryl methyl sites for hydroxylation is 1. The maximum atomic E-state index is 13.0. The lowest BCUT2D eigenvalue weighted by Gasteiger charge is -2.59. The van der Waals surface area contributed by atoms with Crippen LogP contribution >= 0.6 is 24.8 Å². The molecular weight excluding hydrogens is 391 g/mol. The number of halogens is 2. The van der Waals surface area contributed by atoms with Crippen LogP contribution in [0.25, 0.3) is 0 Å². The number of nitrogens with zero attached hydrogens (tertiary/aromatic N) is 3. The van der Waals surface area contributed by atoms with Gasteiger partial charge in [-0.2, -0.15) is 0 Å². The van der Waals surface area contributed by atoms with E-state index in [1.165, 1.54) is 0 Å². The van der Waals surface area contributed by atoms with Crippen molar-refractivity contribution in [2.24, 2.45) is 11.1 Å². The van der Waals surface area contributed by atoms with Crippen molar-refractivity contribution in [3.63, 3.8) is 0 Å². The van der Waals surface area contributed by atoms with Gasteiger partial charge in [-0.1, -0.05) is 19.0 Å². The Kier molecular flexibility index (Phi) is 8.14. The summed E-state index contributed by atoms with van der Waals surface area (Å²) in [6.45, 7) is 12.4. The second kappa shape index (κ2) is 9.09. The van der Waals surface area contributed by atoms with E-state index in [1.807, 2.05) is 38.7 Å². The molecule has 0 bridgehead atoms. The van der Waals surface area contributed by atoms with E-state index in [2.05, 4.69) is 10.1 Å². The third-order valence-electron chi connectivity index (χ3n) is 5.93. The molecule has 7 nitrogen and oxygen atoms in total. The van der Waals surface area contributed by atoms with Gasteiger partial charge in [-0.05, 0) is 13.8 Å². The van der Waals surface area contributed by atoms with Gasteiger partial charge in [0.1, 0.15) is 11.3 Å². The SMILES string of the molecule is CCOC1CC(N)(C(=O)N2CCN(Cc3cc(C)on3)CC2)C1(C)C.Cl.Cl. The third-order valence-corrected chi connectivity index (χ3v) is 5.93. The number of carbonyl (C=O) groups excluding carboxylic acids is 1. The lowest BCUT2D eigenvalue weighted by atomic mass is 9.54. The molecule has 156 valence electrons. The molecule has 2 aliphatic rings. The van der Waals surface area contributed by atoms with E-state index >= 15 is 0 Å². The lowest BCUT2D eigenvalue weighted by Crippen LogP contribution is -2.76. The Morgan fingerprint density at radius 3 is 2.44 bits per heavy atom. The van der Waals surface area contributed by atoms with Crippen molar-refractivity contribution in [2.45, 2.75) is 52.3 Å². The van der Waals surface area contributed by atoms with Crippen molar-refractivity contribution >= 4 is 30.7 Å². The molecule has 2 fully saturated rings. The molecule has 3 rings (SSSR count). The number of piperazine rings is 1. The molecule has 0 aromatic carbocycles. The van der Waals surface area contributed by atoms with E-state index in [4.69, 9.17) is 15.0 Å². The lowest BCUT2D eigenvalue weighted by molar-refractivity contribution is -0.180. The van der Waals surface area contributed by atoms with Crippen molar-refractivity contribution < 1.29 is 14.1 Å². The molecule has 2 unspecified atom stereocenters. The summed E-state index contributed by atoms with van der Waals surface area (Å²) in [6, 6.07) is 1.96.